The van der Waals surface area contributed by atoms with Crippen LogP contribution in [0.25, 0.3) is 0 Å². The largest absolute Gasteiger partial charge is 0.481 e. The normalized spacial score (nSPS) is 11.0. The van der Waals surface area contributed by atoms with Crippen LogP contribution in [0.1, 0.15) is 13.8 Å². The Bertz CT molecular complexity index is 593. The highest BCUT2D eigenvalue weighted by atomic mass is 16.6. The van der Waals surface area contributed by atoms with Crippen molar-refractivity contribution in [1.82, 2.24) is 0 Å². The first-order chi connectivity index (χ1) is 10.1. The van der Waals surface area contributed by atoms with Gasteiger partial charge in [-0.15, -0.1) is 0 Å². The zero-order valence-corrected chi connectivity index (χ0v) is 11.7. The lowest BCUT2D eigenvalue weighted by Gasteiger charge is -2.21. The number of nitrogens with zero attached hydrogens (tertiary/aromatic N) is 3. The van der Waals surface area contributed by atoms with E-state index in [1.54, 1.807) is 13.8 Å². The van der Waals surface area contributed by atoms with Crippen LogP contribution >= 0.6 is 0 Å². The number of non-ortho nitro benzene ring substituents is 1. The molecule has 0 aliphatic heterocycles. The maximum absolute atomic E-state index is 11.0. The average molecular weight is 315 g/mol. The fourth-order valence-corrected chi connectivity index (χ4v) is 1.42. The lowest BCUT2D eigenvalue weighted by molar-refractivity contribution is -0.404. The van der Waals surface area contributed by atoms with Crippen molar-refractivity contribution >= 4 is 17.1 Å². The van der Waals surface area contributed by atoms with Crippen molar-refractivity contribution < 1.29 is 24.6 Å². The van der Waals surface area contributed by atoms with Crippen LogP contribution in [0, 0.1) is 35.8 Å². The molecule has 22 heavy (non-hydrogen) atoms. The molecule has 0 aromatic heterocycles. The Hall–Kier alpha value is -2.82. The van der Waals surface area contributed by atoms with E-state index in [1.165, 1.54) is 0 Å². The van der Waals surface area contributed by atoms with Crippen LogP contribution in [-0.4, -0.2) is 33.1 Å². The van der Waals surface area contributed by atoms with Crippen molar-refractivity contribution in [3.63, 3.8) is 0 Å². The summed E-state index contributed by atoms with van der Waals surface area (Å²) < 4.78 is 5.12. The van der Waals surface area contributed by atoms with Crippen molar-refractivity contribution in [2.75, 3.05) is 13.2 Å². The van der Waals surface area contributed by atoms with Gasteiger partial charge >= 0.3 is 11.4 Å². The van der Waals surface area contributed by atoms with Crippen LogP contribution in [0.5, 0.6) is 5.75 Å². The van der Waals surface area contributed by atoms with E-state index in [1.807, 2.05) is 0 Å². The van der Waals surface area contributed by atoms with Crippen LogP contribution in [0.3, 0.4) is 0 Å². The number of ether oxygens (including phenoxy) is 1. The number of aliphatic hydroxyl groups is 1. The van der Waals surface area contributed by atoms with Gasteiger partial charge in [0.15, 0.2) is 0 Å². The molecule has 1 aromatic carbocycles. The molecule has 0 bridgehead atoms. The maximum atomic E-state index is 11.0. The molecular weight excluding hydrogens is 302 g/mol. The third-order valence-corrected chi connectivity index (χ3v) is 2.67. The first-order valence-electron chi connectivity index (χ1n) is 5.94. The van der Waals surface area contributed by atoms with Gasteiger partial charge in [-0.2, -0.15) is 0 Å². The summed E-state index contributed by atoms with van der Waals surface area (Å²) >= 11 is 0. The Morgan fingerprint density at radius 2 is 1.50 bits per heavy atom. The van der Waals surface area contributed by atoms with Crippen molar-refractivity contribution in [1.29, 1.82) is 0 Å². The molecule has 0 aliphatic rings. The van der Waals surface area contributed by atoms with E-state index in [9.17, 15) is 30.3 Å². The molecule has 0 atom stereocenters. The number of hydrogen-bond acceptors (Lipinski definition) is 8. The van der Waals surface area contributed by atoms with E-state index >= 15 is 0 Å². The third-order valence-electron chi connectivity index (χ3n) is 2.67. The Balaban J connectivity index is 3.42. The zero-order chi connectivity index (χ0) is 17.1. The molecule has 0 unspecified atom stereocenters. The van der Waals surface area contributed by atoms with E-state index in [0.717, 1.165) is 0 Å². The highest BCUT2D eigenvalue weighted by molar-refractivity contribution is 5.65. The molecule has 11 nitrogen and oxygen atoms in total. The standard InChI is InChI=1S/C11H13N3O8/c1-11(2,5-15)6-22-10-8(13(18)19)3-7(12(16)17)4-9(10)14(20)21/h3-4,15H,5-6H2,1-2H3. The Morgan fingerprint density at radius 3 is 1.82 bits per heavy atom. The predicted octanol–water partition coefficient (Wildman–Crippen LogP) is 1.81. The predicted molar refractivity (Wildman–Crippen MR) is 72.8 cm³/mol. The van der Waals surface area contributed by atoms with Gasteiger partial charge in [-0.25, -0.2) is 0 Å². The summed E-state index contributed by atoms with van der Waals surface area (Å²) in [6.07, 6.45) is 0. The van der Waals surface area contributed by atoms with Crippen molar-refractivity contribution in [3.05, 3.63) is 42.5 Å². The van der Waals surface area contributed by atoms with Crippen LogP contribution in [-0.2, 0) is 0 Å². The van der Waals surface area contributed by atoms with Gasteiger partial charge in [0, 0.05) is 5.41 Å². The van der Waals surface area contributed by atoms with Crippen LogP contribution in [0.15, 0.2) is 12.1 Å². The summed E-state index contributed by atoms with van der Waals surface area (Å²) in [4.78, 5) is 29.7. The molecule has 0 saturated carbocycles. The summed E-state index contributed by atoms with van der Waals surface area (Å²) in [5.74, 6) is -0.679. The fraction of sp³-hybridized carbons (Fsp3) is 0.455. The van der Waals surface area contributed by atoms with Gasteiger partial charge in [0.25, 0.3) is 11.4 Å². The van der Waals surface area contributed by atoms with Gasteiger partial charge < -0.3 is 9.84 Å². The quantitative estimate of drug-likeness (QED) is 0.588. The van der Waals surface area contributed by atoms with E-state index < -0.39 is 43.0 Å². The maximum Gasteiger partial charge on any atom is 0.325 e. The van der Waals surface area contributed by atoms with Crippen molar-refractivity contribution in [2.24, 2.45) is 5.41 Å². The number of nitro benzene ring substituents is 3. The molecule has 1 rings (SSSR count). The molecule has 0 radical (unpaired) electrons. The molecular formula is C11H13N3O8. The van der Waals surface area contributed by atoms with Crippen LogP contribution in [0.2, 0.25) is 0 Å². The molecule has 0 spiro atoms. The van der Waals surface area contributed by atoms with E-state index in [-0.39, 0.29) is 13.2 Å². The summed E-state index contributed by atoms with van der Waals surface area (Å²) in [5.41, 5.74) is -3.35. The van der Waals surface area contributed by atoms with Crippen LogP contribution < -0.4 is 4.74 Å². The smallest absolute Gasteiger partial charge is 0.325 e. The van der Waals surface area contributed by atoms with Crippen molar-refractivity contribution in [2.45, 2.75) is 13.8 Å². The second-order valence-electron chi connectivity index (χ2n) is 5.20. The third kappa shape index (κ3) is 3.85. The topological polar surface area (TPSA) is 159 Å². The van der Waals surface area contributed by atoms with Crippen molar-refractivity contribution in [3.8, 4) is 5.75 Å². The van der Waals surface area contributed by atoms with E-state index in [0.29, 0.717) is 12.1 Å². The number of nitro groups is 3. The van der Waals surface area contributed by atoms with Gasteiger partial charge in [0.2, 0.25) is 0 Å². The monoisotopic (exact) mass is 315 g/mol. The molecule has 1 N–H and O–H groups in total. The van der Waals surface area contributed by atoms with Crippen LogP contribution in [0.4, 0.5) is 17.1 Å². The zero-order valence-electron chi connectivity index (χ0n) is 11.7. The number of aliphatic hydroxyl groups excluding tert-OH is 1. The number of hydrogen-bond donors (Lipinski definition) is 1. The van der Waals surface area contributed by atoms with Gasteiger partial charge in [0.05, 0.1) is 40.1 Å². The minimum absolute atomic E-state index is 0.247. The first kappa shape index (κ1) is 17.2. The lowest BCUT2D eigenvalue weighted by Crippen LogP contribution is -2.25. The number of benzene rings is 1. The molecule has 0 heterocycles. The fourth-order valence-electron chi connectivity index (χ4n) is 1.42. The Kier molecular flexibility index (Phi) is 4.94. The summed E-state index contributed by atoms with van der Waals surface area (Å²) in [6.45, 7) is 2.59. The van der Waals surface area contributed by atoms with Gasteiger partial charge in [0.1, 0.15) is 0 Å². The SMILES string of the molecule is CC(C)(CO)COc1c([N+](=O)[O-])cc([N+](=O)[O-])cc1[N+](=O)[O-]. The molecule has 0 saturated heterocycles. The second-order valence-corrected chi connectivity index (χ2v) is 5.20. The molecule has 11 heteroatoms. The molecule has 0 fully saturated rings. The van der Waals surface area contributed by atoms with Gasteiger partial charge in [-0.3, -0.25) is 30.3 Å². The van der Waals surface area contributed by atoms with Gasteiger partial charge in [-0.05, 0) is 0 Å². The molecule has 120 valence electrons. The first-order valence-corrected chi connectivity index (χ1v) is 5.94. The molecule has 0 amide bonds. The second kappa shape index (κ2) is 6.30. The molecule has 1 aromatic rings. The molecule has 0 aliphatic carbocycles. The summed E-state index contributed by atoms with van der Waals surface area (Å²) in [6, 6.07) is 1.18. The minimum atomic E-state index is -0.999. The Morgan fingerprint density at radius 1 is 1.05 bits per heavy atom. The van der Waals surface area contributed by atoms with E-state index in [4.69, 9.17) is 9.84 Å². The lowest BCUT2D eigenvalue weighted by atomic mass is 9.96. The minimum Gasteiger partial charge on any atom is -0.481 e. The summed E-state index contributed by atoms with van der Waals surface area (Å²) in [5, 5.41) is 41.8. The Labute approximate surface area is 123 Å². The highest BCUT2D eigenvalue weighted by Gasteiger charge is 2.33. The highest BCUT2D eigenvalue weighted by Crippen LogP contribution is 2.41. The van der Waals surface area contributed by atoms with E-state index in [2.05, 4.69) is 0 Å². The number of rotatable bonds is 7. The average Bonchev–Trinajstić information content (AvgIpc) is 2.43. The van der Waals surface area contributed by atoms with Gasteiger partial charge in [-0.1, -0.05) is 13.8 Å². The summed E-state index contributed by atoms with van der Waals surface area (Å²) in [7, 11) is 0.